The van der Waals surface area contributed by atoms with Gasteiger partial charge in [0, 0.05) is 11.3 Å². The number of aromatic nitrogens is 2. The van der Waals surface area contributed by atoms with E-state index >= 15 is 0 Å². The molecule has 2 rings (SSSR count). The summed E-state index contributed by atoms with van der Waals surface area (Å²) in [6, 6.07) is 6.33. The Labute approximate surface area is 101 Å². The maximum absolute atomic E-state index is 11.4. The zero-order chi connectivity index (χ0) is 13.3. The average Bonchev–Trinajstić information content (AvgIpc) is 2.33. The van der Waals surface area contributed by atoms with Gasteiger partial charge in [0.15, 0.2) is 5.69 Å². The van der Waals surface area contributed by atoms with Crippen LogP contribution in [0.15, 0.2) is 29.1 Å². The predicted octanol–water partition coefficient (Wildman–Crippen LogP) is 0.423. The molecule has 7 heteroatoms. The number of carboxylic acids is 1. The lowest BCUT2D eigenvalue weighted by molar-refractivity contribution is 0.0686. The summed E-state index contributed by atoms with van der Waals surface area (Å²) in [4.78, 5) is 28.2. The Morgan fingerprint density at radius 1 is 1.28 bits per heavy atom. The molecule has 0 saturated carbocycles. The highest BCUT2D eigenvalue weighted by Crippen LogP contribution is 2.18. The third-order valence-electron chi connectivity index (χ3n) is 2.28. The van der Waals surface area contributed by atoms with Gasteiger partial charge in [-0.3, -0.25) is 4.79 Å². The van der Waals surface area contributed by atoms with Crippen LogP contribution in [-0.4, -0.2) is 26.2 Å². The van der Waals surface area contributed by atoms with Crippen LogP contribution in [0.3, 0.4) is 0 Å². The zero-order valence-electron chi connectivity index (χ0n) is 9.04. The van der Waals surface area contributed by atoms with E-state index in [1.807, 2.05) is 0 Å². The van der Waals surface area contributed by atoms with E-state index in [1.165, 1.54) is 0 Å². The molecule has 0 radical (unpaired) electrons. The number of aromatic amines is 1. The van der Waals surface area contributed by atoms with Crippen LogP contribution in [0, 0.1) is 0 Å². The molecular formula is C11H9N3O4. The number of aromatic carboxylic acids is 1. The Bertz CT molecular complexity index is 661. The number of hydrogen-bond donors (Lipinski definition) is 4. The Balaban J connectivity index is 2.62. The van der Waals surface area contributed by atoms with Gasteiger partial charge in [-0.2, -0.15) is 0 Å². The fourth-order valence-corrected chi connectivity index (χ4v) is 1.39. The number of aromatic hydroxyl groups is 1. The lowest BCUT2D eigenvalue weighted by Crippen LogP contribution is -2.15. The Morgan fingerprint density at radius 3 is 2.44 bits per heavy atom. The largest absolute Gasteiger partial charge is 0.501 e. The number of nitrogens with two attached hydrogens (primary N) is 1. The number of anilines is 1. The fraction of sp³-hybridized carbons (Fsp3) is 0. The number of nitrogen functional groups attached to an aromatic ring is 1. The minimum atomic E-state index is -1.48. The molecular weight excluding hydrogens is 238 g/mol. The van der Waals surface area contributed by atoms with Crippen molar-refractivity contribution in [2.24, 2.45) is 0 Å². The molecule has 92 valence electrons. The van der Waals surface area contributed by atoms with Crippen LogP contribution in [0.5, 0.6) is 5.75 Å². The second kappa shape index (κ2) is 4.21. The number of carbonyl (C=O) groups is 1. The highest BCUT2D eigenvalue weighted by molar-refractivity contribution is 5.88. The van der Waals surface area contributed by atoms with Crippen molar-refractivity contribution in [3.8, 4) is 17.1 Å². The molecule has 1 aromatic heterocycles. The molecule has 7 nitrogen and oxygen atoms in total. The van der Waals surface area contributed by atoms with Crippen LogP contribution in [0.25, 0.3) is 11.4 Å². The molecule has 0 atom stereocenters. The van der Waals surface area contributed by atoms with Crippen LogP contribution in [0.1, 0.15) is 10.5 Å². The molecule has 0 saturated heterocycles. The van der Waals surface area contributed by atoms with Crippen LogP contribution in [0.4, 0.5) is 5.69 Å². The summed E-state index contributed by atoms with van der Waals surface area (Å²) in [6.07, 6.45) is 0. The number of hydrogen-bond acceptors (Lipinski definition) is 5. The lowest BCUT2D eigenvalue weighted by Gasteiger charge is -2.04. The van der Waals surface area contributed by atoms with E-state index in [0.29, 0.717) is 11.3 Å². The minimum Gasteiger partial charge on any atom is -0.501 e. The Hall–Kier alpha value is -2.83. The van der Waals surface area contributed by atoms with Crippen LogP contribution >= 0.6 is 0 Å². The van der Waals surface area contributed by atoms with Gasteiger partial charge in [-0.25, -0.2) is 9.78 Å². The molecule has 1 aromatic carbocycles. The molecule has 18 heavy (non-hydrogen) atoms. The SMILES string of the molecule is Nc1ccc(-c2nc(C(=O)O)c(O)c(=O)[nH]2)cc1. The second-order valence-electron chi connectivity index (χ2n) is 3.54. The first-order chi connectivity index (χ1) is 8.49. The van der Waals surface area contributed by atoms with Gasteiger partial charge < -0.3 is 20.9 Å². The smallest absolute Gasteiger partial charge is 0.358 e. The van der Waals surface area contributed by atoms with Crippen LogP contribution in [-0.2, 0) is 0 Å². The van der Waals surface area contributed by atoms with Crippen LogP contribution < -0.4 is 11.3 Å². The first-order valence-corrected chi connectivity index (χ1v) is 4.91. The summed E-state index contributed by atoms with van der Waals surface area (Å²) >= 11 is 0. The molecule has 2 aromatic rings. The van der Waals surface area contributed by atoms with Gasteiger partial charge in [-0.1, -0.05) is 0 Å². The molecule has 0 aliphatic heterocycles. The minimum absolute atomic E-state index is 0.0511. The normalized spacial score (nSPS) is 10.2. The Morgan fingerprint density at radius 2 is 1.89 bits per heavy atom. The monoisotopic (exact) mass is 247 g/mol. The molecule has 0 aliphatic rings. The Kier molecular flexibility index (Phi) is 2.72. The van der Waals surface area contributed by atoms with Gasteiger partial charge in [-0.15, -0.1) is 0 Å². The van der Waals surface area contributed by atoms with Crippen molar-refractivity contribution in [1.82, 2.24) is 9.97 Å². The van der Waals surface area contributed by atoms with Crippen molar-refractivity contribution in [1.29, 1.82) is 0 Å². The molecule has 1 heterocycles. The summed E-state index contributed by atoms with van der Waals surface area (Å²) in [5.41, 5.74) is 4.93. The molecule has 0 unspecified atom stereocenters. The summed E-state index contributed by atoms with van der Waals surface area (Å²) < 4.78 is 0. The molecule has 0 fully saturated rings. The lowest BCUT2D eigenvalue weighted by atomic mass is 10.2. The van der Waals surface area contributed by atoms with E-state index in [9.17, 15) is 14.7 Å². The number of carboxylic acid groups (broad SMARTS) is 1. The first kappa shape index (κ1) is 11.6. The number of rotatable bonds is 2. The summed E-state index contributed by atoms with van der Waals surface area (Å²) in [6.45, 7) is 0. The van der Waals surface area contributed by atoms with Crippen molar-refractivity contribution < 1.29 is 15.0 Å². The highest BCUT2D eigenvalue weighted by atomic mass is 16.4. The topological polar surface area (TPSA) is 129 Å². The van der Waals surface area contributed by atoms with Crippen LogP contribution in [0.2, 0.25) is 0 Å². The van der Waals surface area contributed by atoms with Gasteiger partial charge in [0.1, 0.15) is 5.82 Å². The quantitative estimate of drug-likeness (QED) is 0.569. The number of H-pyrrole nitrogens is 1. The molecule has 0 spiro atoms. The summed E-state index contributed by atoms with van der Waals surface area (Å²) in [5.74, 6) is -2.34. The third kappa shape index (κ3) is 2.01. The highest BCUT2D eigenvalue weighted by Gasteiger charge is 2.17. The van der Waals surface area contributed by atoms with E-state index in [2.05, 4.69) is 9.97 Å². The van der Waals surface area contributed by atoms with Gasteiger partial charge in [0.05, 0.1) is 0 Å². The van der Waals surface area contributed by atoms with E-state index < -0.39 is 23.0 Å². The van der Waals surface area contributed by atoms with Crippen molar-refractivity contribution in [2.75, 3.05) is 5.73 Å². The first-order valence-electron chi connectivity index (χ1n) is 4.91. The standard InChI is InChI=1S/C11H9N3O4/c12-6-3-1-5(2-4-6)9-13-7(11(17)18)8(15)10(16)14-9/h1-4,15H,12H2,(H,17,18)(H,13,14,16). The molecule has 0 amide bonds. The fourth-order valence-electron chi connectivity index (χ4n) is 1.39. The van der Waals surface area contributed by atoms with Gasteiger partial charge in [0.2, 0.25) is 5.75 Å². The third-order valence-corrected chi connectivity index (χ3v) is 2.28. The number of benzene rings is 1. The summed E-state index contributed by atoms with van der Waals surface area (Å²) in [7, 11) is 0. The molecule has 5 N–H and O–H groups in total. The van der Waals surface area contributed by atoms with E-state index in [0.717, 1.165) is 0 Å². The van der Waals surface area contributed by atoms with E-state index in [1.54, 1.807) is 24.3 Å². The maximum Gasteiger partial charge on any atom is 0.358 e. The zero-order valence-corrected chi connectivity index (χ0v) is 9.04. The number of nitrogens with one attached hydrogen (secondary N) is 1. The molecule has 0 aliphatic carbocycles. The maximum atomic E-state index is 11.4. The van der Waals surface area contributed by atoms with Crippen molar-refractivity contribution in [3.63, 3.8) is 0 Å². The average molecular weight is 247 g/mol. The molecule has 0 bridgehead atoms. The van der Waals surface area contributed by atoms with E-state index in [4.69, 9.17) is 10.8 Å². The van der Waals surface area contributed by atoms with Crippen molar-refractivity contribution in [3.05, 3.63) is 40.3 Å². The van der Waals surface area contributed by atoms with Gasteiger partial charge in [0.25, 0.3) is 5.56 Å². The second-order valence-corrected chi connectivity index (χ2v) is 3.54. The van der Waals surface area contributed by atoms with Gasteiger partial charge >= 0.3 is 5.97 Å². The number of nitrogens with zero attached hydrogens (tertiary/aromatic N) is 1. The van der Waals surface area contributed by atoms with Gasteiger partial charge in [-0.05, 0) is 24.3 Å². The predicted molar refractivity (Wildman–Crippen MR) is 63.3 cm³/mol. The van der Waals surface area contributed by atoms with Crippen molar-refractivity contribution >= 4 is 11.7 Å². The van der Waals surface area contributed by atoms with E-state index in [-0.39, 0.29) is 5.82 Å². The summed E-state index contributed by atoms with van der Waals surface area (Å²) in [5, 5.41) is 18.1. The van der Waals surface area contributed by atoms with Crippen molar-refractivity contribution in [2.45, 2.75) is 0 Å².